The highest BCUT2D eigenvalue weighted by Crippen LogP contribution is 2.29. The third kappa shape index (κ3) is 3.67. The number of aryl methyl sites for hydroxylation is 1. The summed E-state index contributed by atoms with van der Waals surface area (Å²) in [4.78, 5) is 31.6. The van der Waals surface area contributed by atoms with Crippen molar-refractivity contribution >= 4 is 22.6 Å². The lowest BCUT2D eigenvalue weighted by molar-refractivity contribution is -0.145. The zero-order valence-electron chi connectivity index (χ0n) is 15.2. The van der Waals surface area contributed by atoms with E-state index in [-0.39, 0.29) is 41.4 Å². The fourth-order valence-electron chi connectivity index (χ4n) is 3.43. The lowest BCUT2D eigenvalue weighted by Crippen LogP contribution is -2.37. The average molecular weight is 426 g/mol. The second-order valence-corrected chi connectivity index (χ2v) is 7.36. The van der Waals surface area contributed by atoms with Crippen LogP contribution in [0, 0.1) is 6.92 Å². The van der Waals surface area contributed by atoms with Gasteiger partial charge in [0.25, 0.3) is 5.56 Å². The van der Waals surface area contributed by atoms with Gasteiger partial charge in [0.05, 0.1) is 21.8 Å². The minimum atomic E-state index is -4.72. The molecule has 0 bridgehead atoms. The molecule has 0 saturated heterocycles. The number of alkyl halides is 3. The molecular weight excluding hydrogens is 411 g/mol. The monoisotopic (exact) mass is 425 g/mol. The summed E-state index contributed by atoms with van der Waals surface area (Å²) in [5, 5.41) is 0.873. The molecule has 3 aromatic rings. The van der Waals surface area contributed by atoms with Gasteiger partial charge in [0, 0.05) is 31.4 Å². The minimum Gasteiger partial charge on any atom is -0.422 e. The van der Waals surface area contributed by atoms with E-state index in [9.17, 15) is 22.8 Å². The summed E-state index contributed by atoms with van der Waals surface area (Å²) < 4.78 is 43.9. The van der Waals surface area contributed by atoms with Gasteiger partial charge in [-0.25, -0.2) is 9.78 Å². The molecule has 0 amide bonds. The normalized spacial score (nSPS) is 14.9. The largest absolute Gasteiger partial charge is 0.449 e. The number of hydrogen-bond acceptors (Lipinski definition) is 5. The van der Waals surface area contributed by atoms with Crippen molar-refractivity contribution < 1.29 is 17.6 Å². The standard InChI is InChI=1S/C19H15ClF3N3O3/c1-9-2-3-14-10(6-9)15(20)12(17(28)29-14)8-26-5-4-13-11(7-26)16(27)25-18(24-13)19(21,22)23/h2-3,6H,4-5,7-8H2,1H3,(H,24,25,27). The van der Waals surface area contributed by atoms with E-state index in [2.05, 4.69) is 4.98 Å². The molecule has 0 saturated carbocycles. The number of nitrogens with zero attached hydrogens (tertiary/aromatic N) is 2. The third-order valence-electron chi connectivity index (χ3n) is 4.88. The third-order valence-corrected chi connectivity index (χ3v) is 5.32. The molecule has 0 radical (unpaired) electrons. The van der Waals surface area contributed by atoms with Crippen molar-refractivity contribution in [2.24, 2.45) is 0 Å². The number of aromatic amines is 1. The van der Waals surface area contributed by atoms with Crippen molar-refractivity contribution in [3.63, 3.8) is 0 Å². The Labute approximate surface area is 166 Å². The van der Waals surface area contributed by atoms with Crippen molar-refractivity contribution in [3.8, 4) is 0 Å². The second kappa shape index (κ2) is 7.00. The number of aromatic nitrogens is 2. The number of halogens is 4. The molecule has 2 aromatic heterocycles. The fourth-order valence-corrected chi connectivity index (χ4v) is 3.71. The number of fused-ring (bicyclic) bond motifs is 2. The van der Waals surface area contributed by atoms with Gasteiger partial charge in [0.1, 0.15) is 5.58 Å². The molecule has 1 aliphatic heterocycles. The highest BCUT2D eigenvalue weighted by atomic mass is 35.5. The maximum Gasteiger partial charge on any atom is 0.449 e. The van der Waals surface area contributed by atoms with Crippen molar-refractivity contribution in [2.45, 2.75) is 32.6 Å². The SMILES string of the molecule is Cc1ccc2oc(=O)c(CN3CCc4nc(C(F)(F)F)[nH]c(=O)c4C3)c(Cl)c2c1. The number of H-pyrrole nitrogens is 1. The molecule has 1 aromatic carbocycles. The Hall–Kier alpha value is -2.65. The van der Waals surface area contributed by atoms with Gasteiger partial charge in [-0.1, -0.05) is 23.2 Å². The Morgan fingerprint density at radius 2 is 2.07 bits per heavy atom. The van der Waals surface area contributed by atoms with E-state index in [0.29, 0.717) is 17.5 Å². The van der Waals surface area contributed by atoms with Crippen LogP contribution in [0.15, 0.2) is 32.2 Å². The van der Waals surface area contributed by atoms with E-state index < -0.39 is 23.2 Å². The Kier molecular flexibility index (Phi) is 4.74. The molecule has 0 unspecified atom stereocenters. The maximum absolute atomic E-state index is 12.8. The van der Waals surface area contributed by atoms with Crippen molar-refractivity contribution in [1.82, 2.24) is 14.9 Å². The van der Waals surface area contributed by atoms with E-state index in [1.54, 1.807) is 22.0 Å². The fraction of sp³-hybridized carbons (Fsp3) is 0.316. The molecule has 4 rings (SSSR count). The molecule has 10 heteroatoms. The topological polar surface area (TPSA) is 79.2 Å². The Morgan fingerprint density at radius 1 is 1.31 bits per heavy atom. The minimum absolute atomic E-state index is 0.0530. The Balaban J connectivity index is 1.66. The highest BCUT2D eigenvalue weighted by Gasteiger charge is 2.36. The summed E-state index contributed by atoms with van der Waals surface area (Å²) in [7, 11) is 0. The van der Waals surface area contributed by atoms with Gasteiger partial charge in [-0.3, -0.25) is 9.69 Å². The zero-order chi connectivity index (χ0) is 20.9. The first kappa shape index (κ1) is 19.7. The lowest BCUT2D eigenvalue weighted by atomic mass is 10.1. The number of rotatable bonds is 2. The Bertz CT molecular complexity index is 1230. The van der Waals surface area contributed by atoms with Crippen LogP contribution in [0.4, 0.5) is 13.2 Å². The number of benzene rings is 1. The molecule has 6 nitrogen and oxygen atoms in total. The maximum atomic E-state index is 12.8. The first-order valence-corrected chi connectivity index (χ1v) is 9.14. The summed E-state index contributed by atoms with van der Waals surface area (Å²) in [6.07, 6.45) is -4.57. The van der Waals surface area contributed by atoms with Crippen LogP contribution >= 0.6 is 11.6 Å². The summed E-state index contributed by atoms with van der Waals surface area (Å²) in [6, 6.07) is 5.28. The molecule has 0 fully saturated rings. The zero-order valence-corrected chi connectivity index (χ0v) is 15.9. The van der Waals surface area contributed by atoms with Gasteiger partial charge in [0.15, 0.2) is 0 Å². The average Bonchev–Trinajstić information content (AvgIpc) is 2.65. The van der Waals surface area contributed by atoms with E-state index in [0.717, 1.165) is 5.56 Å². The second-order valence-electron chi connectivity index (χ2n) is 6.98. The molecular formula is C19H15ClF3N3O3. The summed E-state index contributed by atoms with van der Waals surface area (Å²) in [6.45, 7) is 2.36. The predicted octanol–water partition coefficient (Wildman–Crippen LogP) is 3.42. The lowest BCUT2D eigenvalue weighted by Gasteiger charge is -2.27. The Morgan fingerprint density at radius 3 is 2.79 bits per heavy atom. The number of hydrogen-bond donors (Lipinski definition) is 1. The van der Waals surface area contributed by atoms with Crippen molar-refractivity contribution in [3.05, 3.63) is 72.2 Å². The molecule has 0 aliphatic carbocycles. The van der Waals surface area contributed by atoms with Gasteiger partial charge in [0.2, 0.25) is 5.82 Å². The van der Waals surface area contributed by atoms with E-state index in [1.165, 1.54) is 0 Å². The molecule has 29 heavy (non-hydrogen) atoms. The smallest absolute Gasteiger partial charge is 0.422 e. The van der Waals surface area contributed by atoms with Crippen molar-refractivity contribution in [2.75, 3.05) is 6.54 Å². The summed E-state index contributed by atoms with van der Waals surface area (Å²) >= 11 is 6.45. The van der Waals surface area contributed by atoms with Gasteiger partial charge >= 0.3 is 11.8 Å². The van der Waals surface area contributed by atoms with Crippen LogP contribution in [-0.4, -0.2) is 21.4 Å². The van der Waals surface area contributed by atoms with Gasteiger partial charge in [-0.05, 0) is 19.1 Å². The summed E-state index contributed by atoms with van der Waals surface area (Å²) in [5.41, 5.74) is 0.411. The van der Waals surface area contributed by atoms with Crippen LogP contribution in [-0.2, 0) is 25.7 Å². The molecule has 3 heterocycles. The van der Waals surface area contributed by atoms with Gasteiger partial charge in [-0.2, -0.15) is 13.2 Å². The molecule has 0 spiro atoms. The van der Waals surface area contributed by atoms with Crippen LogP contribution < -0.4 is 11.2 Å². The van der Waals surface area contributed by atoms with Crippen molar-refractivity contribution in [1.29, 1.82) is 0 Å². The van der Waals surface area contributed by atoms with Crippen LogP contribution in [0.2, 0.25) is 5.02 Å². The first-order valence-electron chi connectivity index (χ1n) is 8.77. The first-order chi connectivity index (χ1) is 13.6. The number of nitrogens with one attached hydrogen (secondary N) is 1. The van der Waals surface area contributed by atoms with E-state index in [4.69, 9.17) is 16.0 Å². The van der Waals surface area contributed by atoms with Crippen LogP contribution in [0.1, 0.15) is 28.2 Å². The predicted molar refractivity (Wildman–Crippen MR) is 99.9 cm³/mol. The van der Waals surface area contributed by atoms with E-state index in [1.807, 2.05) is 13.0 Å². The molecule has 152 valence electrons. The van der Waals surface area contributed by atoms with Gasteiger partial charge < -0.3 is 9.40 Å². The van der Waals surface area contributed by atoms with E-state index >= 15 is 0 Å². The molecule has 0 atom stereocenters. The van der Waals surface area contributed by atoms with Crippen LogP contribution in [0.5, 0.6) is 0 Å². The van der Waals surface area contributed by atoms with Gasteiger partial charge in [-0.15, -0.1) is 0 Å². The molecule has 1 N–H and O–H groups in total. The highest BCUT2D eigenvalue weighted by molar-refractivity contribution is 6.36. The molecule has 1 aliphatic rings. The van der Waals surface area contributed by atoms with Crippen LogP contribution in [0.3, 0.4) is 0 Å². The quantitative estimate of drug-likeness (QED) is 0.636. The van der Waals surface area contributed by atoms with Crippen LogP contribution in [0.25, 0.3) is 11.0 Å². The summed E-state index contributed by atoms with van der Waals surface area (Å²) in [5.74, 6) is -1.30.